The second kappa shape index (κ2) is 8.67. The van der Waals surface area contributed by atoms with Gasteiger partial charge in [0.1, 0.15) is 5.75 Å². The van der Waals surface area contributed by atoms with E-state index in [2.05, 4.69) is 41.1 Å². The Bertz CT molecular complexity index is 671. The number of nitrogens with zero attached hydrogens (tertiary/aromatic N) is 2. The summed E-state index contributed by atoms with van der Waals surface area (Å²) in [6, 6.07) is 16.6. The molecule has 25 heavy (non-hydrogen) atoms. The molecule has 0 amide bonds. The van der Waals surface area contributed by atoms with Crippen LogP contribution >= 0.6 is 0 Å². The number of rotatable bonds is 6. The van der Waals surface area contributed by atoms with Crippen molar-refractivity contribution in [3.8, 4) is 5.75 Å². The predicted molar refractivity (Wildman–Crippen MR) is 105 cm³/mol. The molecule has 0 spiro atoms. The number of piperazine rings is 1. The van der Waals surface area contributed by atoms with Crippen molar-refractivity contribution in [3.63, 3.8) is 0 Å². The topological polar surface area (TPSA) is 29.3 Å². The molecule has 1 aliphatic rings. The lowest BCUT2D eigenvalue weighted by Gasteiger charge is -2.33. The Morgan fingerprint density at radius 2 is 1.68 bits per heavy atom. The summed E-state index contributed by atoms with van der Waals surface area (Å²) in [6.45, 7) is 10.9. The third-order valence-electron chi connectivity index (χ3n) is 4.74. The van der Waals surface area contributed by atoms with Gasteiger partial charge in [0.05, 0.1) is 45.0 Å². The summed E-state index contributed by atoms with van der Waals surface area (Å²) in [7, 11) is 0. The second-order valence-electron chi connectivity index (χ2n) is 6.37. The van der Waals surface area contributed by atoms with Gasteiger partial charge < -0.3 is 14.5 Å². The molecule has 0 bridgehead atoms. The van der Waals surface area contributed by atoms with Gasteiger partial charge in [-0.2, -0.15) is 0 Å². The normalized spacial score (nSPS) is 15.7. The molecule has 3 rings (SSSR count). The van der Waals surface area contributed by atoms with E-state index in [9.17, 15) is 0 Å². The van der Waals surface area contributed by atoms with Gasteiger partial charge in [0.2, 0.25) is 0 Å². The first-order chi connectivity index (χ1) is 12.3. The molecular formula is C21H28N3O+. The molecule has 2 aromatic carbocycles. The zero-order chi connectivity index (χ0) is 17.5. The van der Waals surface area contributed by atoms with Crippen molar-refractivity contribution < 1.29 is 9.64 Å². The molecule has 4 nitrogen and oxygen atoms in total. The molecule has 0 unspecified atom stereocenters. The fourth-order valence-corrected chi connectivity index (χ4v) is 3.15. The summed E-state index contributed by atoms with van der Waals surface area (Å²) in [6.07, 6.45) is 1.90. The zero-order valence-electron chi connectivity index (χ0n) is 15.2. The van der Waals surface area contributed by atoms with E-state index in [1.807, 2.05) is 37.4 Å². The van der Waals surface area contributed by atoms with E-state index in [0.717, 1.165) is 30.1 Å². The number of anilines is 1. The first-order valence-corrected chi connectivity index (χ1v) is 9.24. The summed E-state index contributed by atoms with van der Waals surface area (Å²) < 4.78 is 5.46. The van der Waals surface area contributed by atoms with Crippen molar-refractivity contribution in [1.29, 1.82) is 0 Å². The Hall–Kier alpha value is -2.33. The summed E-state index contributed by atoms with van der Waals surface area (Å²) in [5, 5.41) is 0. The standard InChI is InChI=1S/C21H27N3O/c1-3-23-13-15-24(16-14-23)20-9-7-19(8-10-20)22-17-18-5-11-21(12-6-18)25-4-2/h5-12,17H,3-4,13-16H2,1-2H3/p+1. The molecular weight excluding hydrogens is 310 g/mol. The van der Waals surface area contributed by atoms with Gasteiger partial charge in [-0.05, 0) is 67.9 Å². The molecule has 0 atom stereocenters. The summed E-state index contributed by atoms with van der Waals surface area (Å²) in [5.41, 5.74) is 3.36. The maximum absolute atomic E-state index is 5.46. The second-order valence-corrected chi connectivity index (χ2v) is 6.37. The minimum Gasteiger partial charge on any atom is -0.494 e. The largest absolute Gasteiger partial charge is 0.494 e. The van der Waals surface area contributed by atoms with Crippen molar-refractivity contribution in [2.24, 2.45) is 4.99 Å². The number of likely N-dealkylation sites (N-methyl/N-ethyl adjacent to an activating group) is 1. The van der Waals surface area contributed by atoms with Gasteiger partial charge in [-0.25, -0.2) is 0 Å². The molecule has 0 aromatic heterocycles. The number of nitrogens with one attached hydrogen (secondary N) is 1. The van der Waals surface area contributed by atoms with Gasteiger partial charge >= 0.3 is 0 Å². The summed E-state index contributed by atoms with van der Waals surface area (Å²) in [4.78, 5) is 8.75. The number of hydrogen-bond donors (Lipinski definition) is 1. The van der Waals surface area contributed by atoms with Crippen molar-refractivity contribution in [2.45, 2.75) is 13.8 Å². The van der Waals surface area contributed by atoms with Gasteiger partial charge in [-0.15, -0.1) is 0 Å². The van der Waals surface area contributed by atoms with Gasteiger partial charge in [-0.1, -0.05) is 0 Å². The number of hydrogen-bond acceptors (Lipinski definition) is 3. The van der Waals surface area contributed by atoms with E-state index < -0.39 is 0 Å². The smallest absolute Gasteiger partial charge is 0.119 e. The fraction of sp³-hybridized carbons (Fsp3) is 0.381. The molecule has 0 radical (unpaired) electrons. The highest BCUT2D eigenvalue weighted by Gasteiger charge is 2.18. The third-order valence-corrected chi connectivity index (χ3v) is 4.74. The maximum atomic E-state index is 5.46. The van der Waals surface area contributed by atoms with Crippen LogP contribution in [0.5, 0.6) is 5.75 Å². The third kappa shape index (κ3) is 4.83. The highest BCUT2D eigenvalue weighted by Crippen LogP contribution is 2.20. The maximum Gasteiger partial charge on any atom is 0.119 e. The van der Waals surface area contributed by atoms with Crippen molar-refractivity contribution in [3.05, 3.63) is 54.1 Å². The van der Waals surface area contributed by atoms with Crippen LogP contribution < -0.4 is 14.5 Å². The van der Waals surface area contributed by atoms with Crippen molar-refractivity contribution in [1.82, 2.24) is 0 Å². The van der Waals surface area contributed by atoms with Crippen LogP contribution in [0.3, 0.4) is 0 Å². The molecule has 1 fully saturated rings. The van der Waals surface area contributed by atoms with Gasteiger partial charge in [0.15, 0.2) is 0 Å². The van der Waals surface area contributed by atoms with E-state index in [0.29, 0.717) is 6.61 Å². The summed E-state index contributed by atoms with van der Waals surface area (Å²) in [5.74, 6) is 0.897. The molecule has 2 aromatic rings. The van der Waals surface area contributed by atoms with E-state index in [1.54, 1.807) is 4.90 Å². The quantitative estimate of drug-likeness (QED) is 0.820. The number of quaternary nitrogens is 1. The van der Waals surface area contributed by atoms with Crippen LogP contribution in [0.4, 0.5) is 11.4 Å². The summed E-state index contributed by atoms with van der Waals surface area (Å²) >= 11 is 0. The lowest BCUT2D eigenvalue weighted by molar-refractivity contribution is -0.898. The van der Waals surface area contributed by atoms with Crippen LogP contribution in [0, 0.1) is 0 Å². The Labute approximate surface area is 150 Å². The Kier molecular flexibility index (Phi) is 6.07. The average Bonchev–Trinajstić information content (AvgIpc) is 2.68. The Balaban J connectivity index is 1.58. The van der Waals surface area contributed by atoms with Crippen molar-refractivity contribution >= 4 is 17.6 Å². The van der Waals surface area contributed by atoms with Crippen LogP contribution in [0.2, 0.25) is 0 Å². The lowest BCUT2D eigenvalue weighted by atomic mass is 10.2. The van der Waals surface area contributed by atoms with E-state index in [4.69, 9.17) is 4.74 Å². The highest BCUT2D eigenvalue weighted by molar-refractivity contribution is 5.82. The molecule has 4 heteroatoms. The van der Waals surface area contributed by atoms with Gasteiger partial charge in [0, 0.05) is 11.9 Å². The van der Waals surface area contributed by atoms with Crippen LogP contribution in [-0.2, 0) is 0 Å². The molecule has 0 saturated carbocycles. The number of ether oxygens (including phenoxy) is 1. The predicted octanol–water partition coefficient (Wildman–Crippen LogP) is 2.56. The SMILES string of the molecule is CCOc1ccc(C=Nc2ccc(N3CC[NH+](CC)CC3)cc2)cc1. The van der Waals surface area contributed by atoms with E-state index in [-0.39, 0.29) is 0 Å². The number of aliphatic imine (C=N–C) groups is 1. The minimum atomic E-state index is 0.689. The molecule has 1 heterocycles. The van der Waals surface area contributed by atoms with Crippen LogP contribution in [0.25, 0.3) is 0 Å². The van der Waals surface area contributed by atoms with Crippen LogP contribution in [0.15, 0.2) is 53.5 Å². The van der Waals surface area contributed by atoms with Crippen LogP contribution in [-0.4, -0.2) is 45.5 Å². The van der Waals surface area contributed by atoms with E-state index in [1.165, 1.54) is 25.3 Å². The first-order valence-electron chi connectivity index (χ1n) is 9.24. The minimum absolute atomic E-state index is 0.689. The first kappa shape index (κ1) is 17.5. The van der Waals surface area contributed by atoms with Crippen molar-refractivity contribution in [2.75, 3.05) is 44.2 Å². The fourth-order valence-electron chi connectivity index (χ4n) is 3.15. The number of benzene rings is 2. The molecule has 132 valence electrons. The zero-order valence-corrected chi connectivity index (χ0v) is 15.2. The molecule has 1 N–H and O–H groups in total. The highest BCUT2D eigenvalue weighted by atomic mass is 16.5. The Morgan fingerprint density at radius 1 is 1.00 bits per heavy atom. The molecule has 0 aliphatic carbocycles. The average molecular weight is 338 g/mol. The van der Waals surface area contributed by atoms with Crippen LogP contribution in [0.1, 0.15) is 19.4 Å². The Morgan fingerprint density at radius 3 is 2.28 bits per heavy atom. The van der Waals surface area contributed by atoms with E-state index >= 15 is 0 Å². The molecule has 1 aliphatic heterocycles. The van der Waals surface area contributed by atoms with Gasteiger partial charge in [-0.3, -0.25) is 4.99 Å². The monoisotopic (exact) mass is 338 g/mol. The van der Waals surface area contributed by atoms with Gasteiger partial charge in [0.25, 0.3) is 0 Å². The molecule has 1 saturated heterocycles. The lowest BCUT2D eigenvalue weighted by Crippen LogP contribution is -3.14.